The third kappa shape index (κ3) is 6.90. The van der Waals surface area contributed by atoms with Crippen LogP contribution >= 0.6 is 0 Å². The lowest BCUT2D eigenvalue weighted by atomic mass is 10.2. The van der Waals surface area contributed by atoms with Crippen LogP contribution in [0.25, 0.3) is 0 Å². The van der Waals surface area contributed by atoms with Crippen molar-refractivity contribution >= 4 is 21.8 Å². The predicted octanol–water partition coefficient (Wildman–Crippen LogP) is -1.59. The molecule has 2 rings (SSSR count). The molecule has 0 unspecified atom stereocenters. The van der Waals surface area contributed by atoms with E-state index in [4.69, 9.17) is 0 Å². The summed E-state index contributed by atoms with van der Waals surface area (Å²) in [6, 6.07) is 6.55. The summed E-state index contributed by atoms with van der Waals surface area (Å²) < 4.78 is 27.0. The molecule has 0 saturated carbocycles. The fraction of sp³-hybridized carbons (Fsp3) is 0.529. The lowest BCUT2D eigenvalue weighted by Gasteiger charge is -2.22. The summed E-state index contributed by atoms with van der Waals surface area (Å²) in [5.74, 6) is -0.560. The van der Waals surface area contributed by atoms with Gasteiger partial charge in [0, 0.05) is 39.3 Å². The molecule has 0 aliphatic carbocycles. The van der Waals surface area contributed by atoms with Gasteiger partial charge in [0.25, 0.3) is 0 Å². The Bertz CT molecular complexity index is 736. The second-order valence-corrected chi connectivity index (χ2v) is 8.22. The van der Waals surface area contributed by atoms with Crippen LogP contribution in [-0.2, 0) is 19.6 Å². The lowest BCUT2D eigenvalue weighted by Crippen LogP contribution is -2.45. The molecule has 4 N–H and O–H groups in total. The topological polar surface area (TPSA) is 120 Å². The van der Waals surface area contributed by atoms with Crippen LogP contribution in [0, 0.1) is 6.92 Å². The summed E-state index contributed by atoms with van der Waals surface area (Å²) >= 11 is 0. The number of carbonyl (C=O) groups excluding carboxylic acids is 2. The molecule has 0 spiro atoms. The smallest absolute Gasteiger partial charge is 0.243 e. The van der Waals surface area contributed by atoms with E-state index in [0.717, 1.165) is 5.56 Å². The Morgan fingerprint density at radius 1 is 0.852 bits per heavy atom. The van der Waals surface area contributed by atoms with E-state index < -0.39 is 15.9 Å². The highest BCUT2D eigenvalue weighted by Gasteiger charge is 2.26. The first-order valence-corrected chi connectivity index (χ1v) is 10.4. The quantitative estimate of drug-likeness (QED) is 0.478. The van der Waals surface area contributed by atoms with E-state index in [-0.39, 0.29) is 43.5 Å². The van der Waals surface area contributed by atoms with Crippen LogP contribution < -0.4 is 21.3 Å². The largest absolute Gasteiger partial charge is 0.353 e. The minimum absolute atomic E-state index is 0.150. The van der Waals surface area contributed by atoms with Crippen molar-refractivity contribution < 1.29 is 18.0 Å². The highest BCUT2D eigenvalue weighted by atomic mass is 32.2. The van der Waals surface area contributed by atoms with Crippen LogP contribution in [0.4, 0.5) is 0 Å². The molecule has 27 heavy (non-hydrogen) atoms. The number of sulfonamides is 1. The summed E-state index contributed by atoms with van der Waals surface area (Å²) in [7, 11) is -3.79. The molecule has 150 valence electrons. The van der Waals surface area contributed by atoms with E-state index in [1.54, 1.807) is 24.3 Å². The molecule has 2 amide bonds. The third-order valence-corrected chi connectivity index (χ3v) is 5.91. The molecule has 1 aliphatic rings. The number of aryl methyl sites for hydroxylation is 1. The molecule has 1 saturated heterocycles. The predicted molar refractivity (Wildman–Crippen MR) is 102 cm³/mol. The van der Waals surface area contributed by atoms with Crippen LogP contribution in [-0.4, -0.2) is 76.9 Å². The number of hydrogen-bond donors (Lipinski definition) is 4. The maximum Gasteiger partial charge on any atom is 0.243 e. The first-order chi connectivity index (χ1) is 12.9. The summed E-state index contributed by atoms with van der Waals surface area (Å²) in [4.78, 5) is 23.9. The van der Waals surface area contributed by atoms with Crippen LogP contribution in [0.3, 0.4) is 0 Å². The van der Waals surface area contributed by atoms with Gasteiger partial charge in [-0.3, -0.25) is 9.59 Å². The average Bonchev–Trinajstić information content (AvgIpc) is 2.63. The van der Waals surface area contributed by atoms with Crippen LogP contribution in [0.5, 0.6) is 0 Å². The normalized spacial score (nSPS) is 19.4. The van der Waals surface area contributed by atoms with Crippen molar-refractivity contribution in [2.75, 3.05) is 52.4 Å². The minimum Gasteiger partial charge on any atom is -0.353 e. The van der Waals surface area contributed by atoms with Crippen LogP contribution in [0.2, 0.25) is 0 Å². The monoisotopic (exact) mass is 397 g/mol. The molecule has 1 fully saturated rings. The number of benzene rings is 1. The molecule has 0 aromatic heterocycles. The van der Waals surface area contributed by atoms with Crippen molar-refractivity contribution in [3.05, 3.63) is 29.8 Å². The molecule has 0 bridgehead atoms. The van der Waals surface area contributed by atoms with Gasteiger partial charge in [-0.25, -0.2) is 8.42 Å². The van der Waals surface area contributed by atoms with Gasteiger partial charge in [0.1, 0.15) is 0 Å². The number of rotatable bonds is 2. The molecule has 1 aliphatic heterocycles. The Balaban J connectivity index is 2.10. The molecule has 0 radical (unpaired) electrons. The van der Waals surface area contributed by atoms with E-state index in [9.17, 15) is 18.0 Å². The van der Waals surface area contributed by atoms with Gasteiger partial charge in [-0.1, -0.05) is 17.7 Å². The fourth-order valence-corrected chi connectivity index (χ4v) is 3.93. The molecule has 9 nitrogen and oxygen atoms in total. The van der Waals surface area contributed by atoms with Gasteiger partial charge in [-0.15, -0.1) is 0 Å². The van der Waals surface area contributed by atoms with E-state index in [0.29, 0.717) is 19.6 Å². The second-order valence-electron chi connectivity index (χ2n) is 6.28. The molecule has 0 atom stereocenters. The van der Waals surface area contributed by atoms with Crippen molar-refractivity contribution in [2.24, 2.45) is 0 Å². The van der Waals surface area contributed by atoms with Gasteiger partial charge < -0.3 is 21.3 Å². The summed E-state index contributed by atoms with van der Waals surface area (Å²) in [6.45, 7) is 4.05. The highest BCUT2D eigenvalue weighted by molar-refractivity contribution is 7.89. The Morgan fingerprint density at radius 2 is 1.48 bits per heavy atom. The lowest BCUT2D eigenvalue weighted by molar-refractivity contribution is -0.122. The van der Waals surface area contributed by atoms with E-state index in [1.165, 1.54) is 4.31 Å². The Kier molecular flexibility index (Phi) is 8.17. The fourth-order valence-electron chi connectivity index (χ4n) is 2.53. The van der Waals surface area contributed by atoms with Gasteiger partial charge >= 0.3 is 0 Å². The maximum absolute atomic E-state index is 12.9. The van der Waals surface area contributed by atoms with Crippen LogP contribution in [0.15, 0.2) is 29.2 Å². The zero-order chi connectivity index (χ0) is 19.7. The van der Waals surface area contributed by atoms with Gasteiger partial charge in [0.05, 0.1) is 18.0 Å². The van der Waals surface area contributed by atoms with Crippen molar-refractivity contribution in [1.82, 2.24) is 25.6 Å². The van der Waals surface area contributed by atoms with Crippen molar-refractivity contribution in [1.29, 1.82) is 0 Å². The van der Waals surface area contributed by atoms with Gasteiger partial charge in [-0.2, -0.15) is 4.31 Å². The number of hydrogen-bond acceptors (Lipinski definition) is 6. The standard InChI is InChI=1S/C17H27N5O4S/c1-14-2-4-15(5-3-14)27(25,26)22-11-10-18-6-7-19-12-16(23)20-8-9-21-17(24)13-22/h2-5,18-19H,6-13H2,1H3,(H,20,23)(H,21,24). The SMILES string of the molecule is Cc1ccc(S(=O)(=O)N2CCNCCNCC(=O)NCCNC(=O)C2)cc1. The maximum atomic E-state index is 12.9. The number of nitrogens with zero attached hydrogens (tertiary/aromatic N) is 1. The molecular formula is C17H27N5O4S. The second kappa shape index (κ2) is 10.4. The van der Waals surface area contributed by atoms with Crippen molar-refractivity contribution in [3.63, 3.8) is 0 Å². The summed E-state index contributed by atoms with van der Waals surface area (Å²) in [6.07, 6.45) is 0. The van der Waals surface area contributed by atoms with Gasteiger partial charge in [-0.05, 0) is 19.1 Å². The summed E-state index contributed by atoms with van der Waals surface area (Å²) in [5.41, 5.74) is 0.958. The van der Waals surface area contributed by atoms with E-state index in [1.807, 2.05) is 6.92 Å². The van der Waals surface area contributed by atoms with Crippen molar-refractivity contribution in [2.45, 2.75) is 11.8 Å². The molecule has 1 heterocycles. The third-order valence-electron chi connectivity index (χ3n) is 4.05. The van der Waals surface area contributed by atoms with Crippen molar-refractivity contribution in [3.8, 4) is 0 Å². The zero-order valence-corrected chi connectivity index (χ0v) is 16.3. The zero-order valence-electron chi connectivity index (χ0n) is 15.5. The average molecular weight is 398 g/mol. The minimum atomic E-state index is -3.79. The summed E-state index contributed by atoms with van der Waals surface area (Å²) in [5, 5.41) is 11.4. The van der Waals surface area contributed by atoms with Crippen LogP contribution in [0.1, 0.15) is 5.56 Å². The Hall–Kier alpha value is -2.01. The number of amides is 2. The first kappa shape index (κ1) is 21.3. The molecule has 1 aromatic rings. The Labute approximate surface area is 159 Å². The highest BCUT2D eigenvalue weighted by Crippen LogP contribution is 2.16. The van der Waals surface area contributed by atoms with Gasteiger partial charge in [0.15, 0.2) is 0 Å². The molecular weight excluding hydrogens is 370 g/mol. The first-order valence-electron chi connectivity index (χ1n) is 8.91. The molecule has 10 heteroatoms. The Morgan fingerprint density at radius 3 is 2.19 bits per heavy atom. The number of nitrogens with one attached hydrogen (secondary N) is 4. The van der Waals surface area contributed by atoms with Gasteiger partial charge in [0.2, 0.25) is 21.8 Å². The van der Waals surface area contributed by atoms with E-state index >= 15 is 0 Å². The molecule has 1 aromatic carbocycles. The van der Waals surface area contributed by atoms with E-state index in [2.05, 4.69) is 21.3 Å². The number of carbonyl (C=O) groups is 2.